The van der Waals surface area contributed by atoms with Gasteiger partial charge in [0.1, 0.15) is 0 Å². The molecule has 1 aliphatic rings. The summed E-state index contributed by atoms with van der Waals surface area (Å²) in [6.45, 7) is 8.20. The third-order valence-electron chi connectivity index (χ3n) is 2.36. The fourth-order valence-electron chi connectivity index (χ4n) is 1.58. The lowest BCUT2D eigenvalue weighted by atomic mass is 10.1. The number of rotatable bonds is 2. The SMILES string of the molecule is CCC(Br)C(=O)N1CCSC(C)(C)C1. The van der Waals surface area contributed by atoms with Crippen LogP contribution >= 0.6 is 27.7 Å². The molecule has 1 atom stereocenters. The van der Waals surface area contributed by atoms with Crippen molar-refractivity contribution < 1.29 is 4.79 Å². The molecule has 0 radical (unpaired) electrons. The van der Waals surface area contributed by atoms with Gasteiger partial charge in [-0.05, 0) is 20.3 Å². The lowest BCUT2D eigenvalue weighted by Crippen LogP contribution is -2.48. The van der Waals surface area contributed by atoms with Gasteiger partial charge in [0, 0.05) is 23.6 Å². The lowest BCUT2D eigenvalue weighted by Gasteiger charge is -2.38. The van der Waals surface area contributed by atoms with Crippen molar-refractivity contribution in [1.29, 1.82) is 0 Å². The summed E-state index contributed by atoms with van der Waals surface area (Å²) in [5.74, 6) is 1.31. The molecule has 82 valence electrons. The predicted molar refractivity (Wildman–Crippen MR) is 66.1 cm³/mol. The van der Waals surface area contributed by atoms with Crippen LogP contribution in [0.2, 0.25) is 0 Å². The Labute approximate surface area is 98.9 Å². The van der Waals surface area contributed by atoms with Crippen LogP contribution in [0, 0.1) is 0 Å². The molecule has 1 fully saturated rings. The first kappa shape index (κ1) is 12.4. The Morgan fingerprint density at radius 3 is 2.79 bits per heavy atom. The maximum Gasteiger partial charge on any atom is 0.236 e. The fraction of sp³-hybridized carbons (Fsp3) is 0.900. The first-order chi connectivity index (χ1) is 6.46. The molecule has 1 unspecified atom stereocenters. The minimum atomic E-state index is 0.00130. The van der Waals surface area contributed by atoms with E-state index in [1.165, 1.54) is 0 Å². The molecule has 4 heteroatoms. The Kier molecular flexibility index (Phi) is 4.31. The highest BCUT2D eigenvalue weighted by Crippen LogP contribution is 2.30. The van der Waals surface area contributed by atoms with Crippen LogP contribution in [0.1, 0.15) is 27.2 Å². The van der Waals surface area contributed by atoms with Gasteiger partial charge in [-0.25, -0.2) is 0 Å². The smallest absolute Gasteiger partial charge is 0.236 e. The van der Waals surface area contributed by atoms with Crippen LogP contribution < -0.4 is 0 Å². The molecule has 0 spiro atoms. The van der Waals surface area contributed by atoms with Crippen molar-refractivity contribution in [2.75, 3.05) is 18.8 Å². The van der Waals surface area contributed by atoms with E-state index in [4.69, 9.17) is 0 Å². The zero-order valence-corrected chi connectivity index (χ0v) is 11.4. The molecule has 0 saturated carbocycles. The molecule has 2 nitrogen and oxygen atoms in total. The van der Waals surface area contributed by atoms with Gasteiger partial charge in [0.25, 0.3) is 0 Å². The molecule has 14 heavy (non-hydrogen) atoms. The van der Waals surface area contributed by atoms with Crippen molar-refractivity contribution in [3.05, 3.63) is 0 Å². The first-order valence-electron chi connectivity index (χ1n) is 5.03. The number of carbonyl (C=O) groups excluding carboxylic acids is 1. The van der Waals surface area contributed by atoms with E-state index in [1.54, 1.807) is 0 Å². The van der Waals surface area contributed by atoms with E-state index in [9.17, 15) is 4.79 Å². The second kappa shape index (κ2) is 4.88. The maximum atomic E-state index is 11.9. The van der Waals surface area contributed by atoms with Crippen LogP contribution in [-0.2, 0) is 4.79 Å². The van der Waals surface area contributed by atoms with Crippen molar-refractivity contribution in [3.8, 4) is 0 Å². The summed E-state index contributed by atoms with van der Waals surface area (Å²) in [5.41, 5.74) is 0. The van der Waals surface area contributed by atoms with E-state index in [0.29, 0.717) is 0 Å². The number of thioether (sulfide) groups is 1. The predicted octanol–water partition coefficient (Wildman–Crippen LogP) is 2.51. The Bertz CT molecular complexity index is 220. The van der Waals surface area contributed by atoms with Gasteiger partial charge in [0.05, 0.1) is 4.83 Å². The van der Waals surface area contributed by atoms with Gasteiger partial charge < -0.3 is 4.90 Å². The zero-order chi connectivity index (χ0) is 10.8. The van der Waals surface area contributed by atoms with E-state index < -0.39 is 0 Å². The van der Waals surface area contributed by atoms with Crippen LogP contribution in [0.4, 0.5) is 0 Å². The third-order valence-corrected chi connectivity index (χ3v) is 4.70. The zero-order valence-electron chi connectivity index (χ0n) is 9.05. The second-order valence-corrected chi connectivity index (χ2v) is 7.15. The van der Waals surface area contributed by atoms with Crippen molar-refractivity contribution in [3.63, 3.8) is 0 Å². The number of alkyl halides is 1. The van der Waals surface area contributed by atoms with E-state index in [2.05, 4.69) is 29.8 Å². The van der Waals surface area contributed by atoms with E-state index in [-0.39, 0.29) is 15.5 Å². The monoisotopic (exact) mass is 279 g/mol. The molecule has 1 saturated heterocycles. The van der Waals surface area contributed by atoms with Crippen LogP contribution in [0.5, 0.6) is 0 Å². The Morgan fingerprint density at radius 2 is 2.29 bits per heavy atom. The number of carbonyl (C=O) groups is 1. The van der Waals surface area contributed by atoms with Crippen LogP contribution in [0.25, 0.3) is 0 Å². The third kappa shape index (κ3) is 3.16. The van der Waals surface area contributed by atoms with Crippen LogP contribution in [0.3, 0.4) is 0 Å². The maximum absolute atomic E-state index is 11.9. The van der Waals surface area contributed by atoms with Crippen molar-refractivity contribution in [2.45, 2.75) is 36.8 Å². The van der Waals surface area contributed by atoms with Gasteiger partial charge in [-0.2, -0.15) is 11.8 Å². The quantitative estimate of drug-likeness (QED) is 0.724. The molecule has 0 aromatic rings. The average Bonchev–Trinajstić information content (AvgIpc) is 2.14. The summed E-state index contributed by atoms with van der Waals surface area (Å²) in [5, 5.41) is 0. The van der Waals surface area contributed by atoms with Gasteiger partial charge in [0.2, 0.25) is 5.91 Å². The number of hydrogen-bond donors (Lipinski definition) is 0. The average molecular weight is 280 g/mol. The first-order valence-corrected chi connectivity index (χ1v) is 6.93. The minimum absolute atomic E-state index is 0.00130. The summed E-state index contributed by atoms with van der Waals surface area (Å²) < 4.78 is 0.217. The number of nitrogens with zero attached hydrogens (tertiary/aromatic N) is 1. The molecular weight excluding hydrogens is 262 g/mol. The van der Waals surface area contributed by atoms with Gasteiger partial charge in [0.15, 0.2) is 0 Å². The minimum Gasteiger partial charge on any atom is -0.340 e. The molecule has 0 bridgehead atoms. The molecule has 0 aliphatic carbocycles. The van der Waals surface area contributed by atoms with E-state index >= 15 is 0 Å². The van der Waals surface area contributed by atoms with Gasteiger partial charge >= 0.3 is 0 Å². The molecule has 0 aromatic heterocycles. The Morgan fingerprint density at radius 1 is 1.64 bits per heavy atom. The standard InChI is InChI=1S/C10H18BrNOS/c1-4-8(11)9(13)12-5-6-14-10(2,3)7-12/h8H,4-7H2,1-3H3. The highest BCUT2D eigenvalue weighted by atomic mass is 79.9. The van der Waals surface area contributed by atoms with Crippen LogP contribution in [0.15, 0.2) is 0 Å². The largest absolute Gasteiger partial charge is 0.340 e. The fourth-order valence-corrected chi connectivity index (χ4v) is 2.98. The topological polar surface area (TPSA) is 20.3 Å². The second-order valence-electron chi connectivity index (χ2n) is 4.24. The lowest BCUT2D eigenvalue weighted by molar-refractivity contribution is -0.130. The highest BCUT2D eigenvalue weighted by Gasteiger charge is 2.31. The summed E-state index contributed by atoms with van der Waals surface area (Å²) in [6, 6.07) is 0. The van der Waals surface area contributed by atoms with E-state index in [1.807, 2.05) is 23.6 Å². The normalized spacial score (nSPS) is 23.3. The van der Waals surface area contributed by atoms with Crippen LogP contribution in [-0.4, -0.2) is 39.2 Å². The molecule has 1 amide bonds. The number of amides is 1. The molecule has 1 rings (SSSR count). The molecule has 0 N–H and O–H groups in total. The molecule has 1 heterocycles. The Balaban J connectivity index is 2.56. The molecular formula is C10H18BrNOS. The molecule has 0 aromatic carbocycles. The number of hydrogen-bond acceptors (Lipinski definition) is 2. The summed E-state index contributed by atoms with van der Waals surface area (Å²) >= 11 is 5.37. The Hall–Kier alpha value is 0.300. The van der Waals surface area contributed by atoms with Gasteiger partial charge in [-0.15, -0.1) is 0 Å². The van der Waals surface area contributed by atoms with Crippen molar-refractivity contribution in [1.82, 2.24) is 4.90 Å². The summed E-state index contributed by atoms with van der Waals surface area (Å²) in [6.07, 6.45) is 0.864. The van der Waals surface area contributed by atoms with Gasteiger partial charge in [-0.3, -0.25) is 4.79 Å². The van der Waals surface area contributed by atoms with E-state index in [0.717, 1.165) is 25.3 Å². The van der Waals surface area contributed by atoms with Crippen molar-refractivity contribution >= 4 is 33.6 Å². The molecule has 1 aliphatic heterocycles. The summed E-state index contributed by atoms with van der Waals surface area (Å²) in [4.78, 5) is 13.9. The number of halogens is 1. The summed E-state index contributed by atoms with van der Waals surface area (Å²) in [7, 11) is 0. The van der Waals surface area contributed by atoms with Crippen molar-refractivity contribution in [2.24, 2.45) is 0 Å². The highest BCUT2D eigenvalue weighted by molar-refractivity contribution is 9.10. The van der Waals surface area contributed by atoms with Gasteiger partial charge in [-0.1, -0.05) is 22.9 Å².